The summed E-state index contributed by atoms with van der Waals surface area (Å²) in [5.41, 5.74) is 0. The van der Waals surface area contributed by atoms with Crippen LogP contribution in [0.25, 0.3) is 0 Å². The Morgan fingerprint density at radius 2 is 2.44 bits per heavy atom. The molecule has 0 rings (SSSR count). The van der Waals surface area contributed by atoms with Crippen LogP contribution in [0.2, 0.25) is 5.82 Å². The van der Waals surface area contributed by atoms with Gasteiger partial charge >= 0.3 is 0 Å². The monoisotopic (exact) mass is 144 g/mol. The van der Waals surface area contributed by atoms with Gasteiger partial charge in [-0.15, -0.1) is 0 Å². The van der Waals surface area contributed by atoms with Crippen molar-refractivity contribution in [3.05, 3.63) is 0 Å². The first-order valence-corrected chi connectivity index (χ1v) is 3.14. The third kappa shape index (κ3) is 3.30. The lowest BCUT2D eigenvalue weighted by Crippen LogP contribution is -2.04. The Morgan fingerprint density at radius 3 is 2.78 bits per heavy atom. The van der Waals surface area contributed by atoms with Gasteiger partial charge in [-0.2, -0.15) is 0 Å². The summed E-state index contributed by atoms with van der Waals surface area (Å²) >= 11 is 5.66. The minimum Gasteiger partial charge on any atom is -0.301 e. The quantitative estimate of drug-likeness (QED) is 0.404. The molecule has 0 bridgehead atoms. The van der Waals surface area contributed by atoms with Gasteiger partial charge in [0.05, 0.1) is 5.17 Å². The lowest BCUT2D eigenvalue weighted by Gasteiger charge is -2.02. The molecule has 0 aromatic rings. The van der Waals surface area contributed by atoms with Crippen LogP contribution in [0.1, 0.15) is 0 Å². The van der Waals surface area contributed by atoms with Crippen molar-refractivity contribution in [3.63, 3.8) is 0 Å². The summed E-state index contributed by atoms with van der Waals surface area (Å²) in [6.45, 7) is 4.00. The molecule has 1 atom stereocenters. The van der Waals surface area contributed by atoms with Crippen LogP contribution in [-0.2, 0) is 0 Å². The van der Waals surface area contributed by atoms with E-state index in [0.717, 1.165) is 0 Å². The van der Waals surface area contributed by atoms with Crippen LogP contribution in [0.3, 0.4) is 0 Å². The first-order chi connectivity index (χ1) is 4.22. The predicted octanol–water partition coefficient (Wildman–Crippen LogP) is 0.376. The van der Waals surface area contributed by atoms with Crippen LogP contribution in [-0.4, -0.2) is 33.3 Å². The van der Waals surface area contributed by atoms with Gasteiger partial charge in [0.2, 0.25) is 0 Å². The fourth-order valence-electron chi connectivity index (χ4n) is 0.489. The van der Waals surface area contributed by atoms with E-state index in [1.165, 1.54) is 0 Å². The minimum absolute atomic E-state index is 0.217. The maximum atomic E-state index is 5.66. The van der Waals surface area contributed by atoms with Crippen LogP contribution >= 0.6 is 11.6 Å². The molecule has 2 nitrogen and oxygen atoms in total. The van der Waals surface area contributed by atoms with Crippen molar-refractivity contribution in [1.82, 2.24) is 0 Å². The van der Waals surface area contributed by atoms with Gasteiger partial charge in [-0.25, -0.2) is 0 Å². The average molecular weight is 144 g/mol. The topological polar surface area (TPSA) is 24.7 Å². The zero-order valence-electron chi connectivity index (χ0n) is 5.76. The minimum atomic E-state index is 0.217. The molecule has 0 aromatic heterocycles. The van der Waals surface area contributed by atoms with E-state index in [2.05, 4.69) is 16.7 Å². The molecule has 0 saturated carbocycles. The normalized spacial score (nSPS) is 15.1. The van der Waals surface area contributed by atoms with E-state index in [4.69, 9.17) is 11.6 Å². The van der Waals surface area contributed by atoms with E-state index in [1.54, 1.807) is 7.05 Å². The standard InChI is InChI=1S/C5H10BClN2/c1-8-3-4(6)5(7)9-2/h4H,1,3,6H2,2H3/b9-5+. The summed E-state index contributed by atoms with van der Waals surface area (Å²) in [6.07, 6.45) is 0. The summed E-state index contributed by atoms with van der Waals surface area (Å²) in [5, 5.41) is 0.613. The average Bonchev–Trinajstić information content (AvgIpc) is 1.87. The Bertz CT molecular complexity index is 124. The maximum absolute atomic E-state index is 5.66. The highest BCUT2D eigenvalue weighted by Gasteiger charge is 2.03. The van der Waals surface area contributed by atoms with E-state index in [9.17, 15) is 0 Å². The zero-order valence-corrected chi connectivity index (χ0v) is 6.52. The van der Waals surface area contributed by atoms with E-state index in [1.807, 2.05) is 7.85 Å². The summed E-state index contributed by atoms with van der Waals surface area (Å²) < 4.78 is 0. The molecule has 0 aromatic carbocycles. The molecule has 0 aliphatic carbocycles. The molecule has 50 valence electrons. The third-order valence-corrected chi connectivity index (χ3v) is 1.56. The number of halogens is 1. The molecule has 0 heterocycles. The number of hydrogen-bond donors (Lipinski definition) is 0. The Kier molecular flexibility index (Phi) is 4.41. The molecule has 0 N–H and O–H groups in total. The second-order valence-electron chi connectivity index (χ2n) is 1.85. The molecule has 0 spiro atoms. The molecule has 0 aliphatic rings. The molecule has 4 heteroatoms. The van der Waals surface area contributed by atoms with Gasteiger partial charge in [0, 0.05) is 19.4 Å². The van der Waals surface area contributed by atoms with Crippen molar-refractivity contribution in [2.45, 2.75) is 5.82 Å². The van der Waals surface area contributed by atoms with Gasteiger partial charge in [0.1, 0.15) is 7.85 Å². The lowest BCUT2D eigenvalue weighted by molar-refractivity contribution is 1.05. The van der Waals surface area contributed by atoms with Gasteiger partial charge in [0.25, 0.3) is 0 Å². The van der Waals surface area contributed by atoms with Gasteiger partial charge in [0.15, 0.2) is 0 Å². The van der Waals surface area contributed by atoms with Crippen molar-refractivity contribution in [2.24, 2.45) is 9.98 Å². The van der Waals surface area contributed by atoms with Crippen LogP contribution in [0.5, 0.6) is 0 Å². The molecule has 0 fully saturated rings. The molecule has 0 aliphatic heterocycles. The van der Waals surface area contributed by atoms with E-state index in [-0.39, 0.29) is 5.82 Å². The summed E-state index contributed by atoms with van der Waals surface area (Å²) in [5.74, 6) is 0.217. The van der Waals surface area contributed by atoms with Gasteiger partial charge in [-0.1, -0.05) is 11.6 Å². The smallest absolute Gasteiger partial charge is 0.116 e. The Labute approximate surface area is 61.4 Å². The molecule has 0 amide bonds. The van der Waals surface area contributed by atoms with Crippen LogP contribution < -0.4 is 0 Å². The summed E-state index contributed by atoms with van der Waals surface area (Å²) in [4.78, 5) is 7.49. The molecule has 0 radical (unpaired) electrons. The van der Waals surface area contributed by atoms with E-state index in [0.29, 0.717) is 11.7 Å². The van der Waals surface area contributed by atoms with Gasteiger partial charge < -0.3 is 4.99 Å². The number of nitrogens with zero attached hydrogens (tertiary/aromatic N) is 2. The largest absolute Gasteiger partial charge is 0.301 e. The molecule has 9 heavy (non-hydrogen) atoms. The van der Waals surface area contributed by atoms with Crippen molar-refractivity contribution >= 4 is 31.3 Å². The molecule has 1 unspecified atom stereocenters. The third-order valence-electron chi connectivity index (χ3n) is 1.02. The number of rotatable bonds is 3. The highest BCUT2D eigenvalue weighted by molar-refractivity contribution is 6.70. The second kappa shape index (κ2) is 4.56. The maximum Gasteiger partial charge on any atom is 0.116 e. The number of aliphatic imine (C=N–C) groups is 2. The highest BCUT2D eigenvalue weighted by Crippen LogP contribution is 2.05. The Morgan fingerprint density at radius 1 is 1.89 bits per heavy atom. The van der Waals surface area contributed by atoms with Crippen LogP contribution in [0, 0.1) is 0 Å². The molecular formula is C5H10BClN2. The fourth-order valence-corrected chi connectivity index (χ4v) is 0.558. The summed E-state index contributed by atoms with van der Waals surface area (Å²) in [6, 6.07) is 0. The number of hydrogen-bond acceptors (Lipinski definition) is 2. The van der Waals surface area contributed by atoms with Crippen molar-refractivity contribution < 1.29 is 0 Å². The first-order valence-electron chi connectivity index (χ1n) is 2.77. The Balaban J connectivity index is 3.72. The molecular weight excluding hydrogens is 134 g/mol. The second-order valence-corrected chi connectivity index (χ2v) is 2.24. The molecule has 0 saturated heterocycles. The SMILES string of the molecule is BC(CN=C)/C(Cl)=N\C. The Hall–Kier alpha value is -0.305. The fraction of sp³-hybridized carbons (Fsp3) is 0.600. The van der Waals surface area contributed by atoms with E-state index < -0.39 is 0 Å². The van der Waals surface area contributed by atoms with Crippen molar-refractivity contribution in [3.8, 4) is 0 Å². The van der Waals surface area contributed by atoms with Crippen molar-refractivity contribution in [2.75, 3.05) is 13.6 Å². The summed E-state index contributed by atoms with van der Waals surface area (Å²) in [7, 11) is 3.63. The lowest BCUT2D eigenvalue weighted by atomic mass is 9.89. The van der Waals surface area contributed by atoms with Gasteiger partial charge in [-0.05, 0) is 6.72 Å². The van der Waals surface area contributed by atoms with E-state index >= 15 is 0 Å². The van der Waals surface area contributed by atoms with Crippen LogP contribution in [0.15, 0.2) is 9.98 Å². The van der Waals surface area contributed by atoms with Crippen molar-refractivity contribution in [1.29, 1.82) is 0 Å². The van der Waals surface area contributed by atoms with Crippen LogP contribution in [0.4, 0.5) is 0 Å². The zero-order chi connectivity index (χ0) is 7.28. The predicted molar refractivity (Wildman–Crippen MR) is 45.9 cm³/mol. The van der Waals surface area contributed by atoms with Gasteiger partial charge in [-0.3, -0.25) is 4.99 Å². The highest BCUT2D eigenvalue weighted by atomic mass is 35.5. The first kappa shape index (κ1) is 8.69.